The number of nitrogens with zero attached hydrogens (tertiary/aromatic N) is 1. The van der Waals surface area contributed by atoms with Crippen molar-refractivity contribution >= 4 is 39.2 Å². The minimum atomic E-state index is -0.474. The van der Waals surface area contributed by atoms with Crippen molar-refractivity contribution in [2.24, 2.45) is 0 Å². The largest absolute Gasteiger partial charge is 0.468 e. The summed E-state index contributed by atoms with van der Waals surface area (Å²) in [4.78, 5) is 10.7. The summed E-state index contributed by atoms with van der Waals surface area (Å²) in [6, 6.07) is 6.93. The lowest BCUT2D eigenvalue weighted by Gasteiger charge is -2.11. The molecule has 0 aliphatic heterocycles. The van der Waals surface area contributed by atoms with Crippen molar-refractivity contribution in [3.63, 3.8) is 0 Å². The summed E-state index contributed by atoms with van der Waals surface area (Å²) < 4.78 is 4.56. The number of hydrogen-bond acceptors (Lipinski definition) is 4. The molecule has 0 radical (unpaired) electrons. The van der Waals surface area contributed by atoms with Crippen LogP contribution in [0.5, 0.6) is 0 Å². The lowest BCUT2D eigenvalue weighted by molar-refractivity contribution is -0.139. The number of nitriles is 1. The van der Waals surface area contributed by atoms with E-state index in [9.17, 15) is 4.79 Å². The number of benzene rings is 1. The highest BCUT2D eigenvalue weighted by Crippen LogP contribution is 2.20. The van der Waals surface area contributed by atoms with E-state index in [2.05, 4.69) is 26.0 Å². The number of carbonyl (C=O) groups is 1. The van der Waals surface area contributed by atoms with E-state index in [0.717, 1.165) is 0 Å². The predicted octanol–water partition coefficient (Wildman–Crippen LogP) is 2.56. The van der Waals surface area contributed by atoms with Gasteiger partial charge in [-0.1, -0.05) is 27.5 Å². The fraction of sp³-hybridized carbons (Fsp3) is 0.273. The lowest BCUT2D eigenvalue weighted by atomic mass is 10.2. The second-order valence-electron chi connectivity index (χ2n) is 3.17. The quantitative estimate of drug-likeness (QED) is 0.685. The Morgan fingerprint density at radius 1 is 1.71 bits per heavy atom. The molecule has 1 unspecified atom stereocenters. The van der Waals surface area contributed by atoms with Gasteiger partial charge >= 0.3 is 5.97 Å². The van der Waals surface area contributed by atoms with E-state index < -0.39 is 4.83 Å². The Balaban J connectivity index is 2.72. The second kappa shape index (κ2) is 6.48. The molecule has 0 spiro atoms. The minimum Gasteiger partial charge on any atom is -0.468 e. The molecule has 90 valence electrons. The van der Waals surface area contributed by atoms with Gasteiger partial charge in [-0.3, -0.25) is 4.79 Å². The zero-order chi connectivity index (χ0) is 12.8. The second-order valence-corrected chi connectivity index (χ2v) is 4.72. The first-order chi connectivity index (χ1) is 8.08. The molecule has 1 aromatic rings. The van der Waals surface area contributed by atoms with Crippen molar-refractivity contribution in [2.45, 2.75) is 4.83 Å². The molecule has 17 heavy (non-hydrogen) atoms. The molecule has 4 nitrogen and oxygen atoms in total. The van der Waals surface area contributed by atoms with Crippen LogP contribution in [-0.4, -0.2) is 24.5 Å². The Labute approximate surface area is 113 Å². The Hall–Kier alpha value is -1.25. The van der Waals surface area contributed by atoms with Crippen LogP contribution in [0.1, 0.15) is 5.56 Å². The maximum atomic E-state index is 11.2. The zero-order valence-corrected chi connectivity index (χ0v) is 11.4. The third-order valence-corrected chi connectivity index (χ3v) is 2.96. The van der Waals surface area contributed by atoms with Crippen molar-refractivity contribution in [3.05, 3.63) is 28.8 Å². The fourth-order valence-electron chi connectivity index (χ4n) is 1.17. The van der Waals surface area contributed by atoms with Gasteiger partial charge in [0.25, 0.3) is 0 Å². The van der Waals surface area contributed by atoms with Crippen molar-refractivity contribution in [3.8, 4) is 6.07 Å². The molecule has 1 atom stereocenters. The monoisotopic (exact) mass is 316 g/mol. The molecule has 1 aromatic carbocycles. The number of anilines is 1. The Morgan fingerprint density at radius 3 is 3.00 bits per heavy atom. The van der Waals surface area contributed by atoms with E-state index in [1.54, 1.807) is 18.2 Å². The van der Waals surface area contributed by atoms with Gasteiger partial charge in [0.1, 0.15) is 10.9 Å². The molecule has 0 aromatic heterocycles. The number of ether oxygens (including phenoxy) is 1. The molecule has 0 heterocycles. The molecular formula is C11H10BrClN2O2. The summed E-state index contributed by atoms with van der Waals surface area (Å²) >= 11 is 9.00. The van der Waals surface area contributed by atoms with Gasteiger partial charge in [0, 0.05) is 11.6 Å². The van der Waals surface area contributed by atoms with Crippen LogP contribution in [-0.2, 0) is 9.53 Å². The summed E-state index contributed by atoms with van der Waals surface area (Å²) in [5.74, 6) is -0.377. The van der Waals surface area contributed by atoms with E-state index in [1.807, 2.05) is 6.07 Å². The molecule has 0 bridgehead atoms. The Bertz CT molecular complexity index is 459. The molecule has 0 fully saturated rings. The van der Waals surface area contributed by atoms with Crippen molar-refractivity contribution in [1.29, 1.82) is 5.26 Å². The number of esters is 1. The summed E-state index contributed by atoms with van der Waals surface area (Å²) in [6.07, 6.45) is 0. The molecular weight excluding hydrogens is 307 g/mol. The predicted molar refractivity (Wildman–Crippen MR) is 69.4 cm³/mol. The van der Waals surface area contributed by atoms with Crippen LogP contribution in [0.3, 0.4) is 0 Å². The van der Waals surface area contributed by atoms with E-state index in [0.29, 0.717) is 22.8 Å². The van der Waals surface area contributed by atoms with Gasteiger partial charge in [-0.2, -0.15) is 5.26 Å². The Kier molecular flexibility index (Phi) is 5.26. The first-order valence-electron chi connectivity index (χ1n) is 4.74. The zero-order valence-electron chi connectivity index (χ0n) is 9.04. The minimum absolute atomic E-state index is 0.307. The van der Waals surface area contributed by atoms with Crippen molar-refractivity contribution < 1.29 is 9.53 Å². The smallest absolute Gasteiger partial charge is 0.321 e. The van der Waals surface area contributed by atoms with Crippen LogP contribution in [0.15, 0.2) is 18.2 Å². The molecule has 1 N–H and O–H groups in total. The van der Waals surface area contributed by atoms with Gasteiger partial charge in [-0.05, 0) is 18.2 Å². The van der Waals surface area contributed by atoms with E-state index in [1.165, 1.54) is 7.11 Å². The molecule has 0 saturated carbocycles. The van der Waals surface area contributed by atoms with Gasteiger partial charge in [-0.15, -0.1) is 0 Å². The topological polar surface area (TPSA) is 62.1 Å². The highest BCUT2D eigenvalue weighted by molar-refractivity contribution is 9.10. The first-order valence-corrected chi connectivity index (χ1v) is 6.03. The van der Waals surface area contributed by atoms with Gasteiger partial charge in [-0.25, -0.2) is 0 Å². The van der Waals surface area contributed by atoms with Crippen molar-refractivity contribution in [2.75, 3.05) is 19.0 Å². The van der Waals surface area contributed by atoms with Crippen LogP contribution in [0.25, 0.3) is 0 Å². The number of rotatable bonds is 4. The number of nitrogens with one attached hydrogen (secondary N) is 1. The van der Waals surface area contributed by atoms with Crippen LogP contribution in [0.4, 0.5) is 5.69 Å². The fourth-order valence-corrected chi connectivity index (χ4v) is 1.69. The maximum absolute atomic E-state index is 11.2. The summed E-state index contributed by atoms with van der Waals surface area (Å²) in [7, 11) is 1.32. The molecule has 0 aliphatic rings. The first kappa shape index (κ1) is 13.8. The van der Waals surface area contributed by atoms with Gasteiger partial charge in [0.15, 0.2) is 0 Å². The van der Waals surface area contributed by atoms with E-state index in [4.69, 9.17) is 16.9 Å². The van der Waals surface area contributed by atoms with Gasteiger partial charge in [0.05, 0.1) is 18.4 Å². The lowest BCUT2D eigenvalue weighted by Crippen LogP contribution is -2.24. The number of carbonyl (C=O) groups excluding carboxylic acids is 1. The van der Waals surface area contributed by atoms with Gasteiger partial charge < -0.3 is 10.1 Å². The van der Waals surface area contributed by atoms with Crippen LogP contribution in [0, 0.1) is 11.3 Å². The van der Waals surface area contributed by atoms with Crippen LogP contribution in [0.2, 0.25) is 5.02 Å². The average Bonchev–Trinajstić information content (AvgIpc) is 2.35. The van der Waals surface area contributed by atoms with Crippen LogP contribution < -0.4 is 5.32 Å². The third kappa shape index (κ3) is 3.91. The molecule has 0 aliphatic carbocycles. The van der Waals surface area contributed by atoms with Crippen molar-refractivity contribution in [1.82, 2.24) is 0 Å². The molecule has 0 amide bonds. The average molecular weight is 318 g/mol. The highest BCUT2D eigenvalue weighted by atomic mass is 79.9. The number of alkyl halides is 1. The molecule has 6 heteroatoms. The van der Waals surface area contributed by atoms with Gasteiger partial charge in [0.2, 0.25) is 0 Å². The van der Waals surface area contributed by atoms with E-state index >= 15 is 0 Å². The number of methoxy groups -OCH3 is 1. The third-order valence-electron chi connectivity index (χ3n) is 2.03. The normalized spacial score (nSPS) is 11.4. The summed E-state index contributed by atoms with van der Waals surface area (Å²) in [5, 5.41) is 12.4. The Morgan fingerprint density at radius 2 is 2.41 bits per heavy atom. The van der Waals surface area contributed by atoms with Crippen LogP contribution >= 0.6 is 27.5 Å². The van der Waals surface area contributed by atoms with E-state index in [-0.39, 0.29) is 5.97 Å². The highest BCUT2D eigenvalue weighted by Gasteiger charge is 2.15. The SMILES string of the molecule is COC(=O)C(Br)CNc1cc(Cl)ccc1C#N. The maximum Gasteiger partial charge on any atom is 0.321 e. The summed E-state index contributed by atoms with van der Waals surface area (Å²) in [6.45, 7) is 0.307. The number of hydrogen-bond donors (Lipinski definition) is 1. The summed E-state index contributed by atoms with van der Waals surface area (Å²) in [5.41, 5.74) is 1.06. The molecule has 1 rings (SSSR count). The standard InChI is InChI=1S/C11H10BrClN2O2/c1-17-11(16)9(12)6-15-10-4-8(13)3-2-7(10)5-14/h2-4,9,15H,6H2,1H3. The number of halogens is 2. The molecule has 0 saturated heterocycles.